The van der Waals surface area contributed by atoms with Crippen molar-refractivity contribution < 1.29 is 14.0 Å². The molecule has 0 aliphatic rings. The maximum Gasteiger partial charge on any atom is 0.254 e. The summed E-state index contributed by atoms with van der Waals surface area (Å²) in [5, 5.41) is 2.47. The standard InChI is InChI=1S/C16H14BrFN2O2/c17-11-7-5-10(6-8-11)9-14(15(19)21)20-16(22)12-3-1-2-4-13(12)18/h1-8,14H,9H2,(H2,19,21)(H,20,22)/t14-/m1/s1. The lowest BCUT2D eigenvalue weighted by Crippen LogP contribution is -2.46. The number of halogens is 2. The van der Waals surface area contributed by atoms with Crippen molar-refractivity contribution >= 4 is 27.7 Å². The summed E-state index contributed by atoms with van der Waals surface area (Å²) in [4.78, 5) is 23.6. The van der Waals surface area contributed by atoms with Crippen LogP contribution in [0.4, 0.5) is 4.39 Å². The highest BCUT2D eigenvalue weighted by Crippen LogP contribution is 2.12. The molecule has 2 aromatic rings. The molecule has 114 valence electrons. The minimum absolute atomic E-state index is 0.121. The number of hydrogen-bond acceptors (Lipinski definition) is 2. The summed E-state index contributed by atoms with van der Waals surface area (Å²) < 4.78 is 14.5. The van der Waals surface area contributed by atoms with Crippen LogP contribution >= 0.6 is 15.9 Å². The lowest BCUT2D eigenvalue weighted by molar-refractivity contribution is -0.119. The predicted octanol–water partition coefficient (Wildman–Crippen LogP) is 2.41. The van der Waals surface area contributed by atoms with E-state index in [-0.39, 0.29) is 12.0 Å². The van der Waals surface area contributed by atoms with E-state index in [0.29, 0.717) is 0 Å². The van der Waals surface area contributed by atoms with Crippen molar-refractivity contribution in [3.05, 3.63) is 69.9 Å². The maximum atomic E-state index is 13.6. The van der Waals surface area contributed by atoms with Gasteiger partial charge in [-0.15, -0.1) is 0 Å². The van der Waals surface area contributed by atoms with Crippen LogP contribution in [0.15, 0.2) is 53.0 Å². The zero-order chi connectivity index (χ0) is 16.1. The number of benzene rings is 2. The van der Waals surface area contributed by atoms with E-state index >= 15 is 0 Å². The monoisotopic (exact) mass is 364 g/mol. The third-order valence-electron chi connectivity index (χ3n) is 3.12. The smallest absolute Gasteiger partial charge is 0.254 e. The minimum Gasteiger partial charge on any atom is -0.368 e. The fourth-order valence-electron chi connectivity index (χ4n) is 1.96. The number of hydrogen-bond donors (Lipinski definition) is 2. The highest BCUT2D eigenvalue weighted by molar-refractivity contribution is 9.10. The molecule has 0 unspecified atom stereocenters. The molecular formula is C16H14BrFN2O2. The highest BCUT2D eigenvalue weighted by atomic mass is 79.9. The summed E-state index contributed by atoms with van der Waals surface area (Å²) in [6, 6.07) is 11.9. The Labute approximate surface area is 135 Å². The molecule has 0 spiro atoms. The van der Waals surface area contributed by atoms with Gasteiger partial charge in [0.1, 0.15) is 11.9 Å². The molecule has 0 radical (unpaired) electrons. The van der Waals surface area contributed by atoms with E-state index in [2.05, 4.69) is 21.2 Å². The van der Waals surface area contributed by atoms with Crippen molar-refractivity contribution in [2.75, 3.05) is 0 Å². The molecule has 3 N–H and O–H groups in total. The molecule has 2 rings (SSSR count). The number of carbonyl (C=O) groups is 2. The molecule has 1 atom stereocenters. The van der Waals surface area contributed by atoms with Crippen LogP contribution < -0.4 is 11.1 Å². The second-order valence-corrected chi connectivity index (χ2v) is 5.65. The van der Waals surface area contributed by atoms with E-state index in [0.717, 1.165) is 10.0 Å². The Bertz CT molecular complexity index is 689. The van der Waals surface area contributed by atoms with Gasteiger partial charge in [-0.1, -0.05) is 40.2 Å². The van der Waals surface area contributed by atoms with Gasteiger partial charge in [0.25, 0.3) is 5.91 Å². The van der Waals surface area contributed by atoms with E-state index in [1.807, 2.05) is 24.3 Å². The quantitative estimate of drug-likeness (QED) is 0.854. The summed E-state index contributed by atoms with van der Waals surface area (Å²) in [6.45, 7) is 0. The summed E-state index contributed by atoms with van der Waals surface area (Å²) in [7, 11) is 0. The molecule has 0 saturated heterocycles. The summed E-state index contributed by atoms with van der Waals surface area (Å²) in [5.74, 6) is -1.99. The molecule has 0 fully saturated rings. The highest BCUT2D eigenvalue weighted by Gasteiger charge is 2.21. The Morgan fingerprint density at radius 3 is 2.36 bits per heavy atom. The molecule has 0 aromatic heterocycles. The van der Waals surface area contributed by atoms with Crippen LogP contribution in [-0.2, 0) is 11.2 Å². The van der Waals surface area contributed by atoms with E-state index in [9.17, 15) is 14.0 Å². The van der Waals surface area contributed by atoms with Gasteiger partial charge in [0, 0.05) is 10.9 Å². The van der Waals surface area contributed by atoms with Crippen LogP contribution in [0.5, 0.6) is 0 Å². The molecule has 0 heterocycles. The molecule has 0 aliphatic carbocycles. The van der Waals surface area contributed by atoms with Gasteiger partial charge in [-0.25, -0.2) is 4.39 Å². The Balaban J connectivity index is 2.12. The van der Waals surface area contributed by atoms with Gasteiger partial charge in [0.15, 0.2) is 0 Å². The van der Waals surface area contributed by atoms with Crippen molar-refractivity contribution in [2.24, 2.45) is 5.73 Å². The van der Waals surface area contributed by atoms with Gasteiger partial charge in [0.05, 0.1) is 5.56 Å². The fourth-order valence-corrected chi connectivity index (χ4v) is 2.22. The fraction of sp³-hybridized carbons (Fsp3) is 0.125. The Morgan fingerprint density at radius 1 is 1.14 bits per heavy atom. The zero-order valence-electron chi connectivity index (χ0n) is 11.6. The predicted molar refractivity (Wildman–Crippen MR) is 84.7 cm³/mol. The first-order chi connectivity index (χ1) is 10.5. The molecule has 6 heteroatoms. The SMILES string of the molecule is NC(=O)[C@@H](Cc1ccc(Br)cc1)NC(=O)c1ccccc1F. The number of rotatable bonds is 5. The van der Waals surface area contributed by atoms with E-state index in [1.54, 1.807) is 6.07 Å². The average Bonchev–Trinajstić information content (AvgIpc) is 2.49. The topological polar surface area (TPSA) is 72.2 Å². The summed E-state index contributed by atoms with van der Waals surface area (Å²) in [6.07, 6.45) is 0.239. The van der Waals surface area contributed by atoms with Crippen LogP contribution in [-0.4, -0.2) is 17.9 Å². The molecule has 0 saturated carbocycles. The molecular weight excluding hydrogens is 351 g/mol. The Kier molecular flexibility index (Phi) is 5.27. The Hall–Kier alpha value is -2.21. The van der Waals surface area contributed by atoms with Gasteiger partial charge in [-0.3, -0.25) is 9.59 Å². The van der Waals surface area contributed by atoms with Crippen LogP contribution in [0.2, 0.25) is 0 Å². The van der Waals surface area contributed by atoms with Crippen LogP contribution in [0.25, 0.3) is 0 Å². The van der Waals surface area contributed by atoms with Crippen LogP contribution in [0.3, 0.4) is 0 Å². The average molecular weight is 365 g/mol. The second kappa shape index (κ2) is 7.17. The largest absolute Gasteiger partial charge is 0.368 e. The first-order valence-corrected chi connectivity index (χ1v) is 7.36. The van der Waals surface area contributed by atoms with Crippen LogP contribution in [0, 0.1) is 5.82 Å². The van der Waals surface area contributed by atoms with Crippen molar-refractivity contribution in [1.82, 2.24) is 5.32 Å². The first-order valence-electron chi connectivity index (χ1n) is 6.56. The second-order valence-electron chi connectivity index (χ2n) is 4.74. The molecule has 22 heavy (non-hydrogen) atoms. The minimum atomic E-state index is -0.909. The number of nitrogens with one attached hydrogen (secondary N) is 1. The lowest BCUT2D eigenvalue weighted by Gasteiger charge is -2.16. The van der Waals surface area contributed by atoms with Gasteiger partial charge in [0.2, 0.25) is 5.91 Å². The molecule has 0 aliphatic heterocycles. The summed E-state index contributed by atoms with van der Waals surface area (Å²) >= 11 is 3.32. The maximum absolute atomic E-state index is 13.6. The normalized spacial score (nSPS) is 11.7. The van der Waals surface area contributed by atoms with Crippen molar-refractivity contribution in [3.63, 3.8) is 0 Å². The number of primary amides is 1. The van der Waals surface area contributed by atoms with Gasteiger partial charge < -0.3 is 11.1 Å². The van der Waals surface area contributed by atoms with Crippen molar-refractivity contribution in [1.29, 1.82) is 0 Å². The van der Waals surface area contributed by atoms with Crippen molar-refractivity contribution in [2.45, 2.75) is 12.5 Å². The van der Waals surface area contributed by atoms with E-state index in [1.165, 1.54) is 18.2 Å². The summed E-state index contributed by atoms with van der Waals surface area (Å²) in [5.41, 5.74) is 6.04. The Morgan fingerprint density at radius 2 is 1.77 bits per heavy atom. The molecule has 2 amide bonds. The molecule has 4 nitrogen and oxygen atoms in total. The lowest BCUT2D eigenvalue weighted by atomic mass is 10.0. The van der Waals surface area contributed by atoms with Crippen molar-refractivity contribution in [3.8, 4) is 0 Å². The third-order valence-corrected chi connectivity index (χ3v) is 3.65. The molecule has 2 aromatic carbocycles. The van der Waals surface area contributed by atoms with Gasteiger partial charge in [-0.2, -0.15) is 0 Å². The number of carbonyl (C=O) groups excluding carboxylic acids is 2. The third kappa shape index (κ3) is 4.14. The van der Waals surface area contributed by atoms with Crippen LogP contribution in [0.1, 0.15) is 15.9 Å². The number of nitrogens with two attached hydrogens (primary N) is 1. The first kappa shape index (κ1) is 16.2. The van der Waals surface area contributed by atoms with E-state index in [4.69, 9.17) is 5.73 Å². The van der Waals surface area contributed by atoms with Gasteiger partial charge >= 0.3 is 0 Å². The van der Waals surface area contributed by atoms with E-state index < -0.39 is 23.7 Å². The molecule has 0 bridgehead atoms. The number of amides is 2. The zero-order valence-corrected chi connectivity index (χ0v) is 13.1. The van der Waals surface area contributed by atoms with Gasteiger partial charge in [-0.05, 0) is 29.8 Å².